The number of amides is 3. The molecule has 0 aliphatic heterocycles. The molecule has 0 unspecified atom stereocenters. The summed E-state index contributed by atoms with van der Waals surface area (Å²) >= 11 is 1.47. The zero-order valence-corrected chi connectivity index (χ0v) is 12.1. The van der Waals surface area contributed by atoms with Gasteiger partial charge in [0.2, 0.25) is 0 Å². The Morgan fingerprint density at radius 2 is 2.05 bits per heavy atom. The van der Waals surface area contributed by atoms with Crippen molar-refractivity contribution in [1.29, 1.82) is 0 Å². The van der Waals surface area contributed by atoms with Crippen molar-refractivity contribution < 1.29 is 23.1 Å². The molecule has 2 aromatic rings. The second-order valence-corrected chi connectivity index (χ2v) is 5.21. The minimum Gasteiger partial charge on any atom is -0.481 e. The van der Waals surface area contributed by atoms with E-state index in [1.165, 1.54) is 11.3 Å². The first-order chi connectivity index (χ1) is 10.5. The second kappa shape index (κ2) is 7.51. The Morgan fingerprint density at radius 3 is 2.73 bits per heavy atom. The molecule has 22 heavy (non-hydrogen) atoms. The lowest BCUT2D eigenvalue weighted by atomic mass is 10.3. The summed E-state index contributed by atoms with van der Waals surface area (Å²) in [7, 11) is 0. The molecule has 2 N–H and O–H groups in total. The SMILES string of the molecule is O=C(COc1ccc(F)cc1F)NC(=O)NCc1cccs1. The summed E-state index contributed by atoms with van der Waals surface area (Å²) in [6.07, 6.45) is 0. The van der Waals surface area contributed by atoms with Gasteiger partial charge in [0.15, 0.2) is 18.2 Å². The zero-order valence-electron chi connectivity index (χ0n) is 11.3. The van der Waals surface area contributed by atoms with Gasteiger partial charge in [-0.25, -0.2) is 13.6 Å². The summed E-state index contributed by atoms with van der Waals surface area (Å²) in [4.78, 5) is 23.9. The largest absolute Gasteiger partial charge is 0.481 e. The van der Waals surface area contributed by atoms with Crippen molar-refractivity contribution in [3.8, 4) is 5.75 Å². The molecule has 0 saturated carbocycles. The highest BCUT2D eigenvalue weighted by atomic mass is 32.1. The average Bonchev–Trinajstić information content (AvgIpc) is 2.97. The Balaban J connectivity index is 1.74. The van der Waals surface area contributed by atoms with Gasteiger partial charge in [-0.3, -0.25) is 10.1 Å². The van der Waals surface area contributed by atoms with Gasteiger partial charge in [0.1, 0.15) is 5.82 Å². The molecule has 0 atom stereocenters. The highest BCUT2D eigenvalue weighted by Crippen LogP contribution is 2.17. The normalized spacial score (nSPS) is 10.1. The summed E-state index contributed by atoms with van der Waals surface area (Å²) in [5.74, 6) is -2.68. The van der Waals surface area contributed by atoms with Crippen molar-refractivity contribution in [1.82, 2.24) is 10.6 Å². The molecule has 0 bridgehead atoms. The standard InChI is InChI=1S/C14H12F2N2O3S/c15-9-3-4-12(11(16)6-9)21-8-13(19)18-14(20)17-7-10-2-1-5-22-10/h1-6H,7-8H2,(H2,17,18,19,20). The van der Waals surface area contributed by atoms with Crippen LogP contribution in [-0.4, -0.2) is 18.5 Å². The van der Waals surface area contributed by atoms with Crippen molar-refractivity contribution in [3.05, 3.63) is 52.2 Å². The molecule has 0 aliphatic carbocycles. The lowest BCUT2D eigenvalue weighted by molar-refractivity contribution is -0.122. The van der Waals surface area contributed by atoms with E-state index in [0.29, 0.717) is 12.6 Å². The predicted molar refractivity (Wildman–Crippen MR) is 76.6 cm³/mol. The smallest absolute Gasteiger partial charge is 0.321 e. The Bertz CT molecular complexity index is 662. The third-order valence-corrected chi connectivity index (χ3v) is 3.39. The van der Waals surface area contributed by atoms with E-state index in [1.54, 1.807) is 0 Å². The summed E-state index contributed by atoms with van der Waals surface area (Å²) in [5.41, 5.74) is 0. The van der Waals surface area contributed by atoms with Gasteiger partial charge in [-0.15, -0.1) is 11.3 Å². The zero-order chi connectivity index (χ0) is 15.9. The number of hydrogen-bond donors (Lipinski definition) is 2. The molecule has 0 radical (unpaired) electrons. The van der Waals surface area contributed by atoms with Crippen LogP contribution >= 0.6 is 11.3 Å². The van der Waals surface area contributed by atoms with Crippen LogP contribution in [0.5, 0.6) is 5.75 Å². The number of ether oxygens (including phenoxy) is 1. The maximum absolute atomic E-state index is 13.3. The highest BCUT2D eigenvalue weighted by Gasteiger charge is 2.10. The monoisotopic (exact) mass is 326 g/mol. The topological polar surface area (TPSA) is 67.4 Å². The van der Waals surface area contributed by atoms with Gasteiger partial charge in [0.05, 0.1) is 6.54 Å². The molecule has 0 saturated heterocycles. The molecule has 1 heterocycles. The van der Waals surface area contributed by atoms with Crippen LogP contribution < -0.4 is 15.4 Å². The lowest BCUT2D eigenvalue weighted by Crippen LogP contribution is -2.41. The molecule has 5 nitrogen and oxygen atoms in total. The fraction of sp³-hybridized carbons (Fsp3) is 0.143. The van der Waals surface area contributed by atoms with Crippen molar-refractivity contribution in [3.63, 3.8) is 0 Å². The van der Waals surface area contributed by atoms with E-state index in [2.05, 4.69) is 5.32 Å². The van der Waals surface area contributed by atoms with Gasteiger partial charge in [0.25, 0.3) is 5.91 Å². The Morgan fingerprint density at radius 1 is 1.23 bits per heavy atom. The van der Waals surface area contributed by atoms with E-state index < -0.39 is 30.2 Å². The summed E-state index contributed by atoms with van der Waals surface area (Å²) in [6.45, 7) is -0.265. The number of benzene rings is 1. The Hall–Kier alpha value is -2.48. The van der Waals surface area contributed by atoms with Crippen LogP contribution in [0.3, 0.4) is 0 Å². The van der Waals surface area contributed by atoms with Gasteiger partial charge in [-0.05, 0) is 23.6 Å². The minimum atomic E-state index is -0.921. The number of nitrogens with one attached hydrogen (secondary N) is 2. The van der Waals surface area contributed by atoms with Gasteiger partial charge >= 0.3 is 6.03 Å². The third-order valence-electron chi connectivity index (χ3n) is 2.51. The van der Waals surface area contributed by atoms with Crippen LogP contribution in [0.2, 0.25) is 0 Å². The fourth-order valence-electron chi connectivity index (χ4n) is 1.52. The van der Waals surface area contributed by atoms with Gasteiger partial charge in [-0.1, -0.05) is 6.07 Å². The Kier molecular flexibility index (Phi) is 5.42. The summed E-state index contributed by atoms with van der Waals surface area (Å²) < 4.78 is 30.8. The number of thiophene rings is 1. The molecule has 8 heteroatoms. The minimum absolute atomic E-state index is 0.268. The predicted octanol–water partition coefficient (Wildman–Crippen LogP) is 2.43. The van der Waals surface area contributed by atoms with E-state index in [4.69, 9.17) is 4.74 Å². The van der Waals surface area contributed by atoms with Crippen LogP contribution in [-0.2, 0) is 11.3 Å². The van der Waals surface area contributed by atoms with Crippen molar-refractivity contribution in [2.75, 3.05) is 6.61 Å². The van der Waals surface area contributed by atoms with Crippen LogP contribution in [0.15, 0.2) is 35.7 Å². The van der Waals surface area contributed by atoms with Crippen LogP contribution in [0.4, 0.5) is 13.6 Å². The molecule has 1 aromatic heterocycles. The molecule has 2 rings (SSSR count). The highest BCUT2D eigenvalue weighted by molar-refractivity contribution is 7.09. The van der Waals surface area contributed by atoms with E-state index in [-0.39, 0.29) is 5.75 Å². The van der Waals surface area contributed by atoms with Crippen LogP contribution in [0.1, 0.15) is 4.88 Å². The number of rotatable bonds is 5. The maximum atomic E-state index is 13.3. The van der Waals surface area contributed by atoms with Crippen LogP contribution in [0.25, 0.3) is 0 Å². The number of carbonyl (C=O) groups is 2. The maximum Gasteiger partial charge on any atom is 0.321 e. The number of halogens is 2. The van der Waals surface area contributed by atoms with E-state index >= 15 is 0 Å². The molecule has 0 fully saturated rings. The van der Waals surface area contributed by atoms with Crippen molar-refractivity contribution >= 4 is 23.3 Å². The van der Waals surface area contributed by atoms with E-state index in [1.807, 2.05) is 22.8 Å². The molecule has 1 aromatic carbocycles. The molecule has 0 aliphatic rings. The van der Waals surface area contributed by atoms with Gasteiger partial charge in [0, 0.05) is 10.9 Å². The first-order valence-electron chi connectivity index (χ1n) is 6.22. The number of carbonyl (C=O) groups excluding carboxylic acids is 2. The number of hydrogen-bond acceptors (Lipinski definition) is 4. The van der Waals surface area contributed by atoms with Gasteiger partial charge in [-0.2, -0.15) is 0 Å². The summed E-state index contributed by atoms with van der Waals surface area (Å²) in [6, 6.07) is 5.71. The summed E-state index contributed by atoms with van der Waals surface area (Å²) in [5, 5.41) is 6.40. The number of urea groups is 1. The van der Waals surface area contributed by atoms with Gasteiger partial charge < -0.3 is 10.1 Å². The first-order valence-corrected chi connectivity index (χ1v) is 7.10. The van der Waals surface area contributed by atoms with Crippen LogP contribution in [0, 0.1) is 11.6 Å². The number of imide groups is 1. The Labute approximate surface area is 128 Å². The molecular formula is C14H12F2N2O3S. The quantitative estimate of drug-likeness (QED) is 0.887. The van der Waals surface area contributed by atoms with E-state index in [9.17, 15) is 18.4 Å². The first kappa shape index (κ1) is 15.9. The second-order valence-electron chi connectivity index (χ2n) is 4.17. The van der Waals surface area contributed by atoms with E-state index in [0.717, 1.165) is 17.0 Å². The molecule has 116 valence electrons. The van der Waals surface area contributed by atoms with Crippen molar-refractivity contribution in [2.24, 2.45) is 0 Å². The fourth-order valence-corrected chi connectivity index (χ4v) is 2.17. The molecular weight excluding hydrogens is 314 g/mol. The van der Waals surface area contributed by atoms with Crippen molar-refractivity contribution in [2.45, 2.75) is 6.54 Å². The molecule has 3 amide bonds. The third kappa shape index (κ3) is 4.81. The lowest BCUT2D eigenvalue weighted by Gasteiger charge is -2.08. The average molecular weight is 326 g/mol. The molecule has 0 spiro atoms.